The normalized spacial score (nSPS) is 16.7. The van der Waals surface area contributed by atoms with E-state index in [1.165, 1.54) is 11.8 Å². The molecule has 0 aromatic heterocycles. The molecular weight excluding hydrogens is 328 g/mol. The van der Waals surface area contributed by atoms with Crippen molar-refractivity contribution in [3.8, 4) is 6.07 Å². The molecule has 1 aromatic carbocycles. The molecule has 0 spiro atoms. The van der Waals surface area contributed by atoms with Crippen LogP contribution < -0.4 is 0 Å². The van der Waals surface area contributed by atoms with Crippen LogP contribution in [0.1, 0.15) is 30.4 Å². The van der Waals surface area contributed by atoms with Crippen molar-refractivity contribution >= 4 is 21.6 Å². The number of nitriles is 1. The van der Waals surface area contributed by atoms with E-state index in [4.69, 9.17) is 0 Å². The number of benzene rings is 1. The maximum absolute atomic E-state index is 13.1. The van der Waals surface area contributed by atoms with Crippen molar-refractivity contribution in [2.24, 2.45) is 0 Å². The smallest absolute Gasteiger partial charge is 0.219 e. The zero-order chi connectivity index (χ0) is 17.0. The van der Waals surface area contributed by atoms with E-state index in [0.29, 0.717) is 10.6 Å². The van der Waals surface area contributed by atoms with Crippen molar-refractivity contribution in [2.45, 2.75) is 38.0 Å². The highest BCUT2D eigenvalue weighted by molar-refractivity contribution is 8.04. The summed E-state index contributed by atoms with van der Waals surface area (Å²) in [6, 6.07) is 7.28. The van der Waals surface area contributed by atoms with Gasteiger partial charge in [0, 0.05) is 13.1 Å². The number of piperidine rings is 1. The summed E-state index contributed by atoms with van der Waals surface area (Å²) in [6.07, 6.45) is 5.06. The first kappa shape index (κ1) is 17.9. The third-order valence-corrected chi connectivity index (χ3v) is 6.85. The second-order valence-electron chi connectivity index (χ2n) is 5.77. The molecule has 1 aromatic rings. The molecule has 23 heavy (non-hydrogen) atoms. The van der Waals surface area contributed by atoms with Crippen molar-refractivity contribution in [1.82, 2.24) is 4.90 Å². The van der Waals surface area contributed by atoms with E-state index in [-0.39, 0.29) is 9.80 Å². The Kier molecular flexibility index (Phi) is 5.77. The molecule has 0 amide bonds. The van der Waals surface area contributed by atoms with Crippen molar-refractivity contribution in [3.05, 3.63) is 39.3 Å². The van der Waals surface area contributed by atoms with Crippen molar-refractivity contribution in [1.29, 1.82) is 5.26 Å². The molecule has 0 atom stereocenters. The topological polar surface area (TPSA) is 61.2 Å². The van der Waals surface area contributed by atoms with Gasteiger partial charge in [0.1, 0.15) is 11.1 Å². The quantitative estimate of drug-likeness (QED) is 0.776. The number of hydrogen-bond acceptors (Lipinski definition) is 5. The highest BCUT2D eigenvalue weighted by Gasteiger charge is 2.29. The third kappa shape index (κ3) is 3.73. The molecule has 0 bridgehead atoms. The van der Waals surface area contributed by atoms with Gasteiger partial charge in [-0.05, 0) is 56.6 Å². The van der Waals surface area contributed by atoms with Crippen molar-refractivity contribution in [2.75, 3.05) is 19.3 Å². The van der Waals surface area contributed by atoms with Gasteiger partial charge in [-0.1, -0.05) is 12.1 Å². The molecule has 1 saturated heterocycles. The van der Waals surface area contributed by atoms with Crippen LogP contribution in [-0.2, 0) is 9.84 Å². The Morgan fingerprint density at radius 3 is 2.43 bits per heavy atom. The Morgan fingerprint density at radius 1 is 1.22 bits per heavy atom. The molecule has 2 rings (SSSR count). The zero-order valence-corrected chi connectivity index (χ0v) is 15.4. The fourth-order valence-corrected chi connectivity index (χ4v) is 5.58. The summed E-state index contributed by atoms with van der Waals surface area (Å²) in [5.41, 5.74) is 1.54. The van der Waals surface area contributed by atoms with E-state index in [0.717, 1.165) is 37.9 Å². The minimum absolute atomic E-state index is 0.124. The Labute approximate surface area is 143 Å². The standard InChI is InChI=1S/C17H22N2O2S2/c1-13-7-8-14(2)15(11-13)23(20,21)16(12-18)17(22-3)19-9-5-4-6-10-19/h7-8,11H,4-6,9-10H2,1-3H3. The lowest BCUT2D eigenvalue weighted by atomic mass is 10.1. The second-order valence-corrected chi connectivity index (χ2v) is 8.42. The summed E-state index contributed by atoms with van der Waals surface area (Å²) < 4.78 is 26.1. The van der Waals surface area contributed by atoms with Crippen LogP contribution in [0.2, 0.25) is 0 Å². The molecular formula is C17H22N2O2S2. The number of rotatable bonds is 4. The molecule has 124 valence electrons. The van der Waals surface area contributed by atoms with E-state index in [1.807, 2.05) is 30.2 Å². The average molecular weight is 351 g/mol. The van der Waals surface area contributed by atoms with Gasteiger partial charge in [0.15, 0.2) is 4.91 Å². The summed E-state index contributed by atoms with van der Waals surface area (Å²) >= 11 is 1.34. The SMILES string of the molecule is CSC(=C(C#N)S(=O)(=O)c1cc(C)ccc1C)N1CCCCC1. The molecule has 0 saturated carbocycles. The number of likely N-dealkylation sites (tertiary alicyclic amines) is 1. The maximum atomic E-state index is 13.1. The lowest BCUT2D eigenvalue weighted by Gasteiger charge is -2.30. The fourth-order valence-electron chi connectivity index (χ4n) is 2.79. The number of hydrogen-bond donors (Lipinski definition) is 0. The molecule has 1 fully saturated rings. The summed E-state index contributed by atoms with van der Waals surface area (Å²) in [5, 5.41) is 10.2. The van der Waals surface area contributed by atoms with Crippen molar-refractivity contribution in [3.63, 3.8) is 0 Å². The predicted octanol–water partition coefficient (Wildman–Crippen LogP) is 3.62. The molecule has 0 N–H and O–H groups in total. The number of thioether (sulfide) groups is 1. The molecule has 1 heterocycles. The summed E-state index contributed by atoms with van der Waals surface area (Å²) in [7, 11) is -3.81. The van der Waals surface area contributed by atoms with Crippen LogP contribution in [-0.4, -0.2) is 32.7 Å². The number of sulfone groups is 1. The maximum Gasteiger partial charge on any atom is 0.219 e. The average Bonchev–Trinajstić information content (AvgIpc) is 2.55. The molecule has 1 aliphatic heterocycles. The molecule has 0 radical (unpaired) electrons. The predicted molar refractivity (Wildman–Crippen MR) is 94.7 cm³/mol. The first-order valence-corrected chi connectivity index (χ1v) is 10.4. The van der Waals surface area contributed by atoms with Crippen LogP contribution in [0.4, 0.5) is 0 Å². The second kappa shape index (κ2) is 7.41. The van der Waals surface area contributed by atoms with Crippen LogP contribution in [0.5, 0.6) is 0 Å². The number of allylic oxidation sites excluding steroid dienone is 1. The monoisotopic (exact) mass is 350 g/mol. The lowest BCUT2D eigenvalue weighted by molar-refractivity contribution is 0.302. The first-order valence-electron chi connectivity index (χ1n) is 7.67. The van der Waals surface area contributed by atoms with Gasteiger partial charge < -0.3 is 4.90 Å². The molecule has 0 unspecified atom stereocenters. The number of nitrogens with zero attached hydrogens (tertiary/aromatic N) is 2. The van der Waals surface area contributed by atoms with Gasteiger partial charge in [-0.25, -0.2) is 8.42 Å². The van der Waals surface area contributed by atoms with Crippen molar-refractivity contribution < 1.29 is 8.42 Å². The van der Waals surface area contributed by atoms with Crippen LogP contribution in [0.3, 0.4) is 0 Å². The van der Waals surface area contributed by atoms with E-state index < -0.39 is 9.84 Å². The molecule has 6 heteroatoms. The van der Waals surface area contributed by atoms with Gasteiger partial charge >= 0.3 is 0 Å². The van der Waals surface area contributed by atoms with Crippen LogP contribution in [0.15, 0.2) is 33.0 Å². The Bertz CT molecular complexity index is 755. The Hall–Kier alpha value is -1.45. The third-order valence-electron chi connectivity index (χ3n) is 4.03. The minimum atomic E-state index is -3.81. The van der Waals surface area contributed by atoms with Gasteiger partial charge in [-0.15, -0.1) is 11.8 Å². The van der Waals surface area contributed by atoms with Gasteiger partial charge in [-0.3, -0.25) is 0 Å². The van der Waals surface area contributed by atoms with E-state index in [1.54, 1.807) is 19.1 Å². The summed E-state index contributed by atoms with van der Waals surface area (Å²) in [4.78, 5) is 2.15. The summed E-state index contributed by atoms with van der Waals surface area (Å²) in [5.74, 6) is 0. The zero-order valence-electron chi connectivity index (χ0n) is 13.8. The van der Waals surface area contributed by atoms with E-state index in [2.05, 4.69) is 0 Å². The Balaban J connectivity index is 2.59. The van der Waals surface area contributed by atoms with Crippen LogP contribution in [0.25, 0.3) is 0 Å². The van der Waals surface area contributed by atoms with Gasteiger partial charge in [0.2, 0.25) is 9.84 Å². The number of aryl methyl sites for hydroxylation is 2. The fraction of sp³-hybridized carbons (Fsp3) is 0.471. The largest absolute Gasteiger partial charge is 0.365 e. The summed E-state index contributed by atoms with van der Waals surface area (Å²) in [6.45, 7) is 5.24. The van der Waals surface area contributed by atoms with E-state index >= 15 is 0 Å². The highest BCUT2D eigenvalue weighted by atomic mass is 32.2. The lowest BCUT2D eigenvalue weighted by Crippen LogP contribution is -2.29. The van der Waals surface area contributed by atoms with Gasteiger partial charge in [0.25, 0.3) is 0 Å². The minimum Gasteiger partial charge on any atom is -0.365 e. The Morgan fingerprint density at radius 2 is 1.87 bits per heavy atom. The van der Waals surface area contributed by atoms with Gasteiger partial charge in [0.05, 0.1) is 4.90 Å². The van der Waals surface area contributed by atoms with E-state index in [9.17, 15) is 13.7 Å². The first-order chi connectivity index (χ1) is 10.9. The highest BCUT2D eigenvalue weighted by Crippen LogP contribution is 2.32. The molecule has 1 aliphatic rings. The molecule has 4 nitrogen and oxygen atoms in total. The van der Waals surface area contributed by atoms with Crippen LogP contribution >= 0.6 is 11.8 Å². The van der Waals surface area contributed by atoms with Crippen LogP contribution in [0, 0.1) is 25.2 Å². The van der Waals surface area contributed by atoms with Gasteiger partial charge in [-0.2, -0.15) is 5.26 Å². The molecule has 0 aliphatic carbocycles.